The van der Waals surface area contributed by atoms with Gasteiger partial charge in [-0.2, -0.15) is 0 Å². The van der Waals surface area contributed by atoms with Crippen LogP contribution in [0.25, 0.3) is 0 Å². The quantitative estimate of drug-likeness (QED) is 0.788. The van der Waals surface area contributed by atoms with Crippen molar-refractivity contribution in [3.63, 3.8) is 0 Å². The van der Waals surface area contributed by atoms with Gasteiger partial charge in [-0.3, -0.25) is 4.79 Å². The van der Waals surface area contributed by atoms with Crippen LogP contribution in [0.1, 0.15) is 34.3 Å². The maximum Gasteiger partial charge on any atom is 0.281 e. The Balaban J connectivity index is 2.03. The van der Waals surface area contributed by atoms with Gasteiger partial charge in [-0.1, -0.05) is 23.4 Å². The highest BCUT2D eigenvalue weighted by molar-refractivity contribution is 6.07. The standard InChI is InChI=1S/C15H16N2O2/c1-9-8-12-6-4-5-7-13(12)17(9)15(18)14-10(2)11(3)19-16-14/h4-7,9H,8H2,1-3H3. The Labute approximate surface area is 112 Å². The molecule has 1 aliphatic rings. The summed E-state index contributed by atoms with van der Waals surface area (Å²) in [6.07, 6.45) is 0.887. The summed E-state index contributed by atoms with van der Waals surface area (Å²) in [7, 11) is 0. The lowest BCUT2D eigenvalue weighted by atomic mass is 10.1. The summed E-state index contributed by atoms with van der Waals surface area (Å²) in [4.78, 5) is 14.5. The third-order valence-corrected chi connectivity index (χ3v) is 3.79. The number of aromatic nitrogens is 1. The summed E-state index contributed by atoms with van der Waals surface area (Å²) in [6.45, 7) is 5.74. The van der Waals surface area contributed by atoms with Gasteiger partial charge < -0.3 is 9.42 Å². The van der Waals surface area contributed by atoms with Crippen molar-refractivity contribution in [1.82, 2.24) is 5.16 Å². The van der Waals surface area contributed by atoms with E-state index in [1.54, 1.807) is 0 Å². The maximum absolute atomic E-state index is 12.7. The van der Waals surface area contributed by atoms with E-state index in [0.29, 0.717) is 11.5 Å². The number of hydrogen-bond donors (Lipinski definition) is 0. The molecule has 1 aliphatic heterocycles. The van der Waals surface area contributed by atoms with E-state index in [1.807, 2.05) is 36.9 Å². The fourth-order valence-corrected chi connectivity index (χ4v) is 2.61. The summed E-state index contributed by atoms with van der Waals surface area (Å²) < 4.78 is 5.10. The van der Waals surface area contributed by atoms with E-state index >= 15 is 0 Å². The molecule has 1 amide bonds. The Hall–Kier alpha value is -2.10. The fourth-order valence-electron chi connectivity index (χ4n) is 2.61. The lowest BCUT2D eigenvalue weighted by molar-refractivity contribution is 0.0972. The number of hydrogen-bond acceptors (Lipinski definition) is 3. The van der Waals surface area contributed by atoms with E-state index in [9.17, 15) is 4.79 Å². The van der Waals surface area contributed by atoms with Crippen molar-refractivity contribution in [2.75, 3.05) is 4.90 Å². The minimum atomic E-state index is -0.0770. The molecular formula is C15H16N2O2. The molecule has 2 aromatic rings. The smallest absolute Gasteiger partial charge is 0.281 e. The summed E-state index contributed by atoms with van der Waals surface area (Å²) in [6, 6.07) is 8.17. The Morgan fingerprint density at radius 2 is 2.11 bits per heavy atom. The third kappa shape index (κ3) is 1.75. The molecule has 0 saturated carbocycles. The highest BCUT2D eigenvalue weighted by atomic mass is 16.5. The van der Waals surface area contributed by atoms with E-state index < -0.39 is 0 Å². The van der Waals surface area contributed by atoms with Crippen molar-refractivity contribution < 1.29 is 9.32 Å². The average molecular weight is 256 g/mol. The van der Waals surface area contributed by atoms with Gasteiger partial charge in [0.25, 0.3) is 5.91 Å². The van der Waals surface area contributed by atoms with Crippen LogP contribution in [-0.2, 0) is 6.42 Å². The minimum absolute atomic E-state index is 0.0770. The molecule has 1 unspecified atom stereocenters. The van der Waals surface area contributed by atoms with Gasteiger partial charge in [-0.05, 0) is 38.8 Å². The monoisotopic (exact) mass is 256 g/mol. The second-order valence-corrected chi connectivity index (χ2v) is 5.07. The molecule has 0 spiro atoms. The van der Waals surface area contributed by atoms with Crippen LogP contribution in [0.15, 0.2) is 28.8 Å². The largest absolute Gasteiger partial charge is 0.361 e. The number of carbonyl (C=O) groups is 1. The van der Waals surface area contributed by atoms with E-state index in [2.05, 4.69) is 18.1 Å². The SMILES string of the molecule is Cc1onc(C(=O)N2c3ccccc3CC2C)c1C. The topological polar surface area (TPSA) is 46.3 Å². The lowest BCUT2D eigenvalue weighted by Gasteiger charge is -2.21. The van der Waals surface area contributed by atoms with Gasteiger partial charge in [0.15, 0.2) is 5.69 Å². The van der Waals surface area contributed by atoms with Crippen LogP contribution >= 0.6 is 0 Å². The zero-order valence-electron chi connectivity index (χ0n) is 11.3. The molecule has 0 bridgehead atoms. The van der Waals surface area contributed by atoms with Crippen molar-refractivity contribution in [3.8, 4) is 0 Å². The van der Waals surface area contributed by atoms with Crippen molar-refractivity contribution >= 4 is 11.6 Å². The molecule has 1 aromatic heterocycles. The number of fused-ring (bicyclic) bond motifs is 1. The number of benzene rings is 1. The van der Waals surface area contributed by atoms with Gasteiger partial charge in [0.2, 0.25) is 0 Å². The van der Waals surface area contributed by atoms with Crippen LogP contribution in [0, 0.1) is 13.8 Å². The summed E-state index contributed by atoms with van der Waals surface area (Å²) >= 11 is 0. The lowest BCUT2D eigenvalue weighted by Crippen LogP contribution is -2.36. The molecule has 1 aromatic carbocycles. The van der Waals surface area contributed by atoms with E-state index in [1.165, 1.54) is 5.56 Å². The molecule has 0 saturated heterocycles. The highest BCUT2D eigenvalue weighted by Gasteiger charge is 2.33. The molecule has 2 heterocycles. The second kappa shape index (κ2) is 4.23. The molecule has 0 radical (unpaired) electrons. The number of para-hydroxylation sites is 1. The first-order valence-electron chi connectivity index (χ1n) is 6.44. The van der Waals surface area contributed by atoms with Gasteiger partial charge in [0, 0.05) is 17.3 Å². The Morgan fingerprint density at radius 1 is 1.37 bits per heavy atom. The van der Waals surface area contributed by atoms with Gasteiger partial charge in [0.05, 0.1) is 0 Å². The van der Waals surface area contributed by atoms with Crippen molar-refractivity contribution in [2.24, 2.45) is 0 Å². The molecule has 4 nitrogen and oxygen atoms in total. The third-order valence-electron chi connectivity index (χ3n) is 3.79. The number of nitrogens with zero attached hydrogens (tertiary/aromatic N) is 2. The number of amides is 1. The fraction of sp³-hybridized carbons (Fsp3) is 0.333. The Morgan fingerprint density at radius 3 is 2.79 bits per heavy atom. The predicted molar refractivity (Wildman–Crippen MR) is 72.4 cm³/mol. The van der Waals surface area contributed by atoms with Crippen LogP contribution in [0.3, 0.4) is 0 Å². The molecule has 19 heavy (non-hydrogen) atoms. The summed E-state index contributed by atoms with van der Waals surface area (Å²) in [5, 5.41) is 3.90. The summed E-state index contributed by atoms with van der Waals surface area (Å²) in [5.74, 6) is 0.621. The van der Waals surface area contributed by atoms with Gasteiger partial charge in [-0.25, -0.2) is 0 Å². The van der Waals surface area contributed by atoms with Crippen LogP contribution in [0.2, 0.25) is 0 Å². The average Bonchev–Trinajstić information content (AvgIpc) is 2.89. The number of rotatable bonds is 1. The van der Waals surface area contributed by atoms with Crippen LogP contribution in [0.4, 0.5) is 5.69 Å². The number of aryl methyl sites for hydroxylation is 1. The first-order valence-corrected chi connectivity index (χ1v) is 6.44. The first-order chi connectivity index (χ1) is 9.09. The molecule has 0 N–H and O–H groups in total. The number of carbonyl (C=O) groups excluding carboxylic acids is 1. The normalized spacial score (nSPS) is 17.6. The van der Waals surface area contributed by atoms with Crippen molar-refractivity contribution in [3.05, 3.63) is 46.8 Å². The van der Waals surface area contributed by atoms with Crippen LogP contribution in [0.5, 0.6) is 0 Å². The molecular weight excluding hydrogens is 240 g/mol. The van der Waals surface area contributed by atoms with Gasteiger partial charge in [0.1, 0.15) is 5.76 Å². The first kappa shape index (κ1) is 12.0. The Kier molecular flexibility index (Phi) is 2.66. The molecule has 4 heteroatoms. The second-order valence-electron chi connectivity index (χ2n) is 5.07. The van der Waals surface area contributed by atoms with Gasteiger partial charge >= 0.3 is 0 Å². The van der Waals surface area contributed by atoms with Crippen molar-refractivity contribution in [2.45, 2.75) is 33.2 Å². The zero-order chi connectivity index (χ0) is 13.6. The summed E-state index contributed by atoms with van der Waals surface area (Å²) in [5.41, 5.74) is 3.43. The number of anilines is 1. The molecule has 98 valence electrons. The van der Waals surface area contributed by atoms with E-state index in [4.69, 9.17) is 4.52 Å². The van der Waals surface area contributed by atoms with Crippen LogP contribution < -0.4 is 4.90 Å². The minimum Gasteiger partial charge on any atom is -0.361 e. The van der Waals surface area contributed by atoms with Crippen molar-refractivity contribution in [1.29, 1.82) is 0 Å². The molecule has 0 fully saturated rings. The highest BCUT2D eigenvalue weighted by Crippen LogP contribution is 2.33. The zero-order valence-corrected chi connectivity index (χ0v) is 11.3. The van der Waals surface area contributed by atoms with Crippen LogP contribution in [-0.4, -0.2) is 17.1 Å². The van der Waals surface area contributed by atoms with E-state index in [-0.39, 0.29) is 11.9 Å². The molecule has 1 atom stereocenters. The Bertz CT molecular complexity index is 645. The maximum atomic E-state index is 12.7. The van der Waals surface area contributed by atoms with Gasteiger partial charge in [-0.15, -0.1) is 0 Å². The predicted octanol–water partition coefficient (Wildman–Crippen LogP) is 2.88. The van der Waals surface area contributed by atoms with E-state index in [0.717, 1.165) is 17.7 Å². The molecule has 0 aliphatic carbocycles. The molecule has 3 rings (SSSR count).